The molecule has 1 aliphatic heterocycles. The highest BCUT2D eigenvalue weighted by molar-refractivity contribution is 5.93. The summed E-state index contributed by atoms with van der Waals surface area (Å²) in [5.41, 5.74) is 11.8. The van der Waals surface area contributed by atoms with E-state index in [4.69, 9.17) is 11.5 Å². The molecule has 0 radical (unpaired) electrons. The third-order valence-corrected chi connectivity index (χ3v) is 3.99. The van der Waals surface area contributed by atoms with Crippen LogP contribution in [0.5, 0.6) is 0 Å². The van der Waals surface area contributed by atoms with Crippen LogP contribution in [0.4, 0.5) is 5.69 Å². The maximum Gasteiger partial charge on any atom is 0.274 e. The van der Waals surface area contributed by atoms with Gasteiger partial charge in [-0.25, -0.2) is 0 Å². The highest BCUT2D eigenvalue weighted by Crippen LogP contribution is 2.25. The molecule has 2 unspecified atom stereocenters. The van der Waals surface area contributed by atoms with Crippen LogP contribution >= 0.6 is 0 Å². The third-order valence-electron chi connectivity index (χ3n) is 3.99. The van der Waals surface area contributed by atoms with Gasteiger partial charge in [0.25, 0.3) is 5.69 Å². The van der Waals surface area contributed by atoms with Crippen LogP contribution in [-0.2, 0) is 6.54 Å². The van der Waals surface area contributed by atoms with E-state index < -0.39 is 10.8 Å². The van der Waals surface area contributed by atoms with E-state index in [9.17, 15) is 14.9 Å². The zero-order valence-electron chi connectivity index (χ0n) is 12.0. The number of piperidine rings is 1. The molecule has 1 heterocycles. The van der Waals surface area contributed by atoms with E-state index >= 15 is 0 Å². The number of rotatable bonds is 4. The van der Waals surface area contributed by atoms with Crippen molar-refractivity contribution in [2.45, 2.75) is 38.4 Å². The third kappa shape index (κ3) is 3.56. The molecular formula is C14H20N4O3. The number of primary amides is 1. The van der Waals surface area contributed by atoms with Crippen molar-refractivity contribution in [2.24, 2.45) is 11.5 Å². The average Bonchev–Trinajstić information content (AvgIpc) is 2.41. The molecule has 0 bridgehead atoms. The predicted molar refractivity (Wildman–Crippen MR) is 78.7 cm³/mol. The van der Waals surface area contributed by atoms with Gasteiger partial charge in [0.2, 0.25) is 5.91 Å². The maximum absolute atomic E-state index is 11.2. The number of hydrogen-bond acceptors (Lipinski definition) is 5. The van der Waals surface area contributed by atoms with Gasteiger partial charge < -0.3 is 11.5 Å². The SMILES string of the molecule is CC1CC(N)CCN1Cc1ccc(C(N)=O)cc1[N+](=O)[O-]. The normalized spacial score (nSPS) is 23.0. The standard InChI is InChI=1S/C14H20N4O3/c1-9-6-12(15)4-5-17(9)8-11-3-2-10(14(16)19)7-13(11)18(20)21/h2-3,7,9,12H,4-6,8,15H2,1H3,(H2,16,19). The van der Waals surface area contributed by atoms with Crippen molar-refractivity contribution in [3.8, 4) is 0 Å². The highest BCUT2D eigenvalue weighted by Gasteiger charge is 2.26. The van der Waals surface area contributed by atoms with Crippen LogP contribution in [0.1, 0.15) is 35.7 Å². The average molecular weight is 292 g/mol. The summed E-state index contributed by atoms with van der Waals surface area (Å²) >= 11 is 0. The topological polar surface area (TPSA) is 115 Å². The van der Waals surface area contributed by atoms with Gasteiger partial charge in [0.15, 0.2) is 0 Å². The van der Waals surface area contributed by atoms with Crippen LogP contribution in [0.15, 0.2) is 18.2 Å². The Labute approximate surface area is 123 Å². The van der Waals surface area contributed by atoms with Gasteiger partial charge in [0.1, 0.15) is 0 Å². The molecular weight excluding hydrogens is 272 g/mol. The largest absolute Gasteiger partial charge is 0.366 e. The Morgan fingerprint density at radius 2 is 2.24 bits per heavy atom. The summed E-state index contributed by atoms with van der Waals surface area (Å²) in [6.45, 7) is 3.36. The summed E-state index contributed by atoms with van der Waals surface area (Å²) in [4.78, 5) is 24.0. The molecule has 0 spiro atoms. The number of carbonyl (C=O) groups excluding carboxylic acids is 1. The minimum absolute atomic E-state index is 0.0617. The molecule has 7 heteroatoms. The Hall–Kier alpha value is -1.99. The lowest BCUT2D eigenvalue weighted by molar-refractivity contribution is -0.385. The van der Waals surface area contributed by atoms with E-state index in [0.717, 1.165) is 19.4 Å². The van der Waals surface area contributed by atoms with Gasteiger partial charge in [-0.15, -0.1) is 0 Å². The Morgan fingerprint density at radius 1 is 1.52 bits per heavy atom. The van der Waals surface area contributed by atoms with Gasteiger partial charge in [0.05, 0.1) is 4.92 Å². The molecule has 21 heavy (non-hydrogen) atoms. The lowest BCUT2D eigenvalue weighted by atomic mass is 9.98. The fourth-order valence-corrected chi connectivity index (χ4v) is 2.73. The Bertz CT molecular complexity index is 561. The zero-order chi connectivity index (χ0) is 15.6. The molecule has 1 saturated heterocycles. The summed E-state index contributed by atoms with van der Waals surface area (Å²) in [6.07, 6.45) is 1.77. The van der Waals surface area contributed by atoms with Gasteiger partial charge >= 0.3 is 0 Å². The number of hydrogen-bond donors (Lipinski definition) is 2. The lowest BCUT2D eigenvalue weighted by Gasteiger charge is -2.36. The number of nitro benzene ring substituents is 1. The molecule has 0 saturated carbocycles. The van der Waals surface area contributed by atoms with Gasteiger partial charge in [-0.2, -0.15) is 0 Å². The van der Waals surface area contributed by atoms with E-state index in [-0.39, 0.29) is 23.3 Å². The molecule has 1 aliphatic rings. The minimum atomic E-state index is -0.665. The number of nitro groups is 1. The second kappa shape index (κ2) is 6.19. The molecule has 0 aliphatic carbocycles. The smallest absolute Gasteiger partial charge is 0.274 e. The second-order valence-corrected chi connectivity index (χ2v) is 5.57. The summed E-state index contributed by atoms with van der Waals surface area (Å²) in [5, 5.41) is 11.2. The van der Waals surface area contributed by atoms with Gasteiger partial charge in [-0.05, 0) is 25.8 Å². The van der Waals surface area contributed by atoms with Crippen molar-refractivity contribution >= 4 is 11.6 Å². The number of likely N-dealkylation sites (tertiary alicyclic amines) is 1. The van der Waals surface area contributed by atoms with Gasteiger partial charge in [-0.3, -0.25) is 19.8 Å². The Morgan fingerprint density at radius 3 is 2.81 bits per heavy atom. The first-order valence-electron chi connectivity index (χ1n) is 6.95. The molecule has 4 N–H and O–H groups in total. The fraction of sp³-hybridized carbons (Fsp3) is 0.500. The van der Waals surface area contributed by atoms with Gasteiger partial charge in [0, 0.05) is 42.4 Å². The van der Waals surface area contributed by atoms with E-state index in [1.807, 2.05) is 0 Å². The van der Waals surface area contributed by atoms with E-state index in [1.54, 1.807) is 6.07 Å². The fourth-order valence-electron chi connectivity index (χ4n) is 2.73. The molecule has 0 aromatic heterocycles. The number of amides is 1. The van der Waals surface area contributed by atoms with Crippen molar-refractivity contribution in [2.75, 3.05) is 6.54 Å². The van der Waals surface area contributed by atoms with Crippen LogP contribution in [0.2, 0.25) is 0 Å². The minimum Gasteiger partial charge on any atom is -0.366 e. The number of nitrogens with two attached hydrogens (primary N) is 2. The van der Waals surface area contributed by atoms with Crippen molar-refractivity contribution in [3.63, 3.8) is 0 Å². The van der Waals surface area contributed by atoms with E-state index in [0.29, 0.717) is 12.1 Å². The van der Waals surface area contributed by atoms with Crippen LogP contribution in [0.3, 0.4) is 0 Å². The van der Waals surface area contributed by atoms with Crippen molar-refractivity contribution in [1.29, 1.82) is 0 Å². The molecule has 1 fully saturated rings. The molecule has 1 aromatic carbocycles. The molecule has 1 aromatic rings. The Kier molecular flexibility index (Phi) is 4.54. The van der Waals surface area contributed by atoms with Crippen molar-refractivity contribution in [1.82, 2.24) is 4.90 Å². The first kappa shape index (κ1) is 15.4. The summed E-state index contributed by atoms with van der Waals surface area (Å²) in [6, 6.07) is 4.87. The summed E-state index contributed by atoms with van der Waals surface area (Å²) in [5.74, 6) is -0.665. The monoisotopic (exact) mass is 292 g/mol. The molecule has 114 valence electrons. The van der Waals surface area contributed by atoms with Crippen LogP contribution < -0.4 is 11.5 Å². The second-order valence-electron chi connectivity index (χ2n) is 5.57. The number of nitrogens with zero attached hydrogens (tertiary/aromatic N) is 2. The van der Waals surface area contributed by atoms with E-state index in [1.165, 1.54) is 12.1 Å². The summed E-state index contributed by atoms with van der Waals surface area (Å²) in [7, 11) is 0. The first-order chi connectivity index (χ1) is 9.88. The number of benzene rings is 1. The maximum atomic E-state index is 11.2. The molecule has 7 nitrogen and oxygen atoms in total. The predicted octanol–water partition coefficient (Wildman–Crippen LogP) is 1.01. The van der Waals surface area contributed by atoms with Crippen LogP contribution in [-0.4, -0.2) is 34.4 Å². The zero-order valence-corrected chi connectivity index (χ0v) is 12.0. The molecule has 1 amide bonds. The molecule has 2 rings (SSSR count). The molecule has 2 atom stereocenters. The lowest BCUT2D eigenvalue weighted by Crippen LogP contribution is -2.45. The highest BCUT2D eigenvalue weighted by atomic mass is 16.6. The van der Waals surface area contributed by atoms with Crippen LogP contribution in [0, 0.1) is 10.1 Å². The number of carbonyl (C=O) groups is 1. The van der Waals surface area contributed by atoms with Crippen LogP contribution in [0.25, 0.3) is 0 Å². The van der Waals surface area contributed by atoms with Crippen molar-refractivity contribution < 1.29 is 9.72 Å². The summed E-state index contributed by atoms with van der Waals surface area (Å²) < 4.78 is 0. The Balaban J connectivity index is 2.23. The quantitative estimate of drug-likeness (QED) is 0.634. The van der Waals surface area contributed by atoms with Crippen molar-refractivity contribution in [3.05, 3.63) is 39.4 Å². The van der Waals surface area contributed by atoms with Gasteiger partial charge in [-0.1, -0.05) is 6.07 Å². The van der Waals surface area contributed by atoms with E-state index in [2.05, 4.69) is 11.8 Å². The first-order valence-corrected chi connectivity index (χ1v) is 6.95.